The molecule has 2 aromatic carbocycles. The Bertz CT molecular complexity index is 700. The fourth-order valence-electron chi connectivity index (χ4n) is 1.77. The minimum Gasteiger partial charge on any atom is -0.423 e. The van der Waals surface area contributed by atoms with Crippen molar-refractivity contribution in [3.63, 3.8) is 0 Å². The zero-order chi connectivity index (χ0) is 15.5. The molecule has 2 rings (SSSR count). The molecule has 0 atom stereocenters. The zero-order valence-corrected chi connectivity index (χ0v) is 11.9. The van der Waals surface area contributed by atoms with Crippen molar-refractivity contribution < 1.29 is 18.5 Å². The van der Waals surface area contributed by atoms with Crippen LogP contribution in [0.5, 0.6) is 0 Å². The molecule has 0 amide bonds. The van der Waals surface area contributed by atoms with Crippen LogP contribution in [0.25, 0.3) is 0 Å². The Hall–Kier alpha value is -1.87. The highest BCUT2D eigenvalue weighted by molar-refractivity contribution is 7.89. The molecule has 0 fully saturated rings. The first-order valence-electron chi connectivity index (χ1n) is 6.18. The minimum absolute atomic E-state index is 0.0642. The van der Waals surface area contributed by atoms with E-state index in [1.165, 1.54) is 12.1 Å². The van der Waals surface area contributed by atoms with Crippen LogP contribution < -0.4 is 15.9 Å². The van der Waals surface area contributed by atoms with Crippen molar-refractivity contribution in [1.82, 2.24) is 0 Å². The maximum atomic E-state index is 11.1. The van der Waals surface area contributed by atoms with Gasteiger partial charge in [-0.3, -0.25) is 0 Å². The van der Waals surface area contributed by atoms with Crippen molar-refractivity contribution >= 4 is 28.3 Å². The maximum Gasteiger partial charge on any atom is 0.488 e. The average molecular weight is 306 g/mol. The molecule has 0 saturated carbocycles. The van der Waals surface area contributed by atoms with Gasteiger partial charge in [-0.15, -0.1) is 0 Å². The van der Waals surface area contributed by atoms with Crippen molar-refractivity contribution in [2.24, 2.45) is 5.14 Å². The fraction of sp³-hybridized carbons (Fsp3) is 0.0769. The molecule has 0 aliphatic rings. The lowest BCUT2D eigenvalue weighted by atomic mass is 9.80. The van der Waals surface area contributed by atoms with Gasteiger partial charge in [-0.1, -0.05) is 24.3 Å². The van der Waals surface area contributed by atoms with E-state index >= 15 is 0 Å². The number of anilines is 1. The van der Waals surface area contributed by atoms with Crippen LogP contribution in [-0.2, 0) is 16.6 Å². The third-order valence-corrected chi connectivity index (χ3v) is 3.89. The molecule has 0 unspecified atom stereocenters. The second kappa shape index (κ2) is 6.27. The van der Waals surface area contributed by atoms with E-state index in [1.807, 2.05) is 0 Å². The van der Waals surface area contributed by atoms with E-state index in [0.29, 0.717) is 12.0 Å². The van der Waals surface area contributed by atoms with Crippen molar-refractivity contribution in [2.75, 3.05) is 5.32 Å². The van der Waals surface area contributed by atoms with Crippen LogP contribution >= 0.6 is 0 Å². The Morgan fingerprint density at radius 3 is 2.05 bits per heavy atom. The summed E-state index contributed by atoms with van der Waals surface area (Å²) in [5.41, 5.74) is 2.14. The molecule has 0 spiro atoms. The molecule has 2 aromatic rings. The molecule has 0 saturated heterocycles. The summed E-state index contributed by atoms with van der Waals surface area (Å²) in [6.45, 7) is 0.524. The van der Waals surface area contributed by atoms with Crippen molar-refractivity contribution in [3.05, 3.63) is 54.1 Å². The van der Waals surface area contributed by atoms with Gasteiger partial charge in [0.05, 0.1) is 4.90 Å². The van der Waals surface area contributed by atoms with Crippen LogP contribution in [0.3, 0.4) is 0 Å². The predicted octanol–water partition coefficient (Wildman–Crippen LogP) is -0.374. The molecular weight excluding hydrogens is 291 g/mol. The summed E-state index contributed by atoms with van der Waals surface area (Å²) >= 11 is 0. The molecule has 0 bridgehead atoms. The summed E-state index contributed by atoms with van der Waals surface area (Å²) in [6, 6.07) is 12.9. The summed E-state index contributed by atoms with van der Waals surface area (Å²) in [5.74, 6) is 0. The normalized spacial score (nSPS) is 11.2. The lowest BCUT2D eigenvalue weighted by Gasteiger charge is -2.08. The van der Waals surface area contributed by atoms with E-state index in [4.69, 9.17) is 15.2 Å². The maximum absolute atomic E-state index is 11.1. The molecule has 5 N–H and O–H groups in total. The van der Waals surface area contributed by atoms with Gasteiger partial charge in [0, 0.05) is 12.2 Å². The quantitative estimate of drug-likeness (QED) is 0.563. The van der Waals surface area contributed by atoms with Gasteiger partial charge in [-0.25, -0.2) is 13.6 Å². The summed E-state index contributed by atoms with van der Waals surface area (Å²) in [5, 5.41) is 26.1. The number of hydrogen-bond donors (Lipinski definition) is 4. The molecule has 8 heteroatoms. The Balaban J connectivity index is 2.00. The molecule has 0 aliphatic carbocycles. The van der Waals surface area contributed by atoms with Crippen LogP contribution in [0.1, 0.15) is 5.56 Å². The number of nitrogens with one attached hydrogen (secondary N) is 1. The Morgan fingerprint density at radius 1 is 1.00 bits per heavy atom. The van der Waals surface area contributed by atoms with Gasteiger partial charge < -0.3 is 15.4 Å². The Kier molecular flexibility index (Phi) is 4.64. The second-order valence-electron chi connectivity index (χ2n) is 4.54. The third-order valence-electron chi connectivity index (χ3n) is 2.96. The lowest BCUT2D eigenvalue weighted by molar-refractivity contribution is 0.426. The van der Waals surface area contributed by atoms with E-state index in [0.717, 1.165) is 11.3 Å². The second-order valence-corrected chi connectivity index (χ2v) is 6.10. The smallest absolute Gasteiger partial charge is 0.423 e. The summed E-state index contributed by atoms with van der Waals surface area (Å²) in [6.07, 6.45) is 0. The van der Waals surface area contributed by atoms with Gasteiger partial charge in [-0.05, 0) is 35.3 Å². The minimum atomic E-state index is -3.67. The lowest BCUT2D eigenvalue weighted by Crippen LogP contribution is -2.29. The predicted molar refractivity (Wildman–Crippen MR) is 81.4 cm³/mol. The molecule has 110 valence electrons. The number of nitrogens with two attached hydrogens (primary N) is 1. The summed E-state index contributed by atoms with van der Waals surface area (Å²) in [4.78, 5) is 0.0642. The first-order valence-corrected chi connectivity index (χ1v) is 7.72. The topological polar surface area (TPSA) is 113 Å². The average Bonchev–Trinajstić information content (AvgIpc) is 2.45. The highest BCUT2D eigenvalue weighted by atomic mass is 32.2. The fourth-order valence-corrected chi connectivity index (χ4v) is 2.29. The van der Waals surface area contributed by atoms with Gasteiger partial charge in [0.2, 0.25) is 10.0 Å². The summed E-state index contributed by atoms with van der Waals surface area (Å²) in [7, 11) is -5.15. The number of primary sulfonamides is 1. The van der Waals surface area contributed by atoms with Crippen LogP contribution in [0.4, 0.5) is 5.69 Å². The molecular formula is C13H15BN2O4S. The molecule has 0 heterocycles. The number of benzene rings is 2. The number of sulfonamides is 1. The van der Waals surface area contributed by atoms with Crippen LogP contribution in [0.2, 0.25) is 0 Å². The number of hydrogen-bond acceptors (Lipinski definition) is 5. The molecule has 0 radical (unpaired) electrons. The van der Waals surface area contributed by atoms with Crippen molar-refractivity contribution in [2.45, 2.75) is 11.4 Å². The van der Waals surface area contributed by atoms with E-state index in [1.54, 1.807) is 36.4 Å². The number of rotatable bonds is 5. The van der Waals surface area contributed by atoms with Gasteiger partial charge in [0.1, 0.15) is 0 Å². The highest BCUT2D eigenvalue weighted by Gasteiger charge is 2.09. The molecule has 6 nitrogen and oxygen atoms in total. The van der Waals surface area contributed by atoms with Crippen molar-refractivity contribution in [3.8, 4) is 0 Å². The largest absolute Gasteiger partial charge is 0.488 e. The third kappa shape index (κ3) is 4.30. The molecule has 21 heavy (non-hydrogen) atoms. The standard InChI is InChI=1S/C13H15BN2O4S/c15-21(19,20)13-7-5-12(6-8-13)16-9-10-1-3-11(4-2-10)14(17)18/h1-8,16-18H,9H2,(H2,15,19,20). The van der Waals surface area contributed by atoms with Crippen LogP contribution in [0, 0.1) is 0 Å². The van der Waals surface area contributed by atoms with Crippen molar-refractivity contribution in [1.29, 1.82) is 0 Å². The van der Waals surface area contributed by atoms with E-state index < -0.39 is 17.1 Å². The highest BCUT2D eigenvalue weighted by Crippen LogP contribution is 2.13. The first-order chi connectivity index (χ1) is 9.86. The first kappa shape index (κ1) is 15.5. The van der Waals surface area contributed by atoms with E-state index in [-0.39, 0.29) is 4.90 Å². The van der Waals surface area contributed by atoms with Crippen LogP contribution in [0.15, 0.2) is 53.4 Å². The van der Waals surface area contributed by atoms with Gasteiger partial charge in [0.25, 0.3) is 0 Å². The molecule has 0 aromatic heterocycles. The van der Waals surface area contributed by atoms with Crippen LogP contribution in [-0.4, -0.2) is 25.6 Å². The zero-order valence-electron chi connectivity index (χ0n) is 11.1. The van der Waals surface area contributed by atoms with E-state index in [9.17, 15) is 8.42 Å². The van der Waals surface area contributed by atoms with E-state index in [2.05, 4.69) is 5.32 Å². The molecule has 0 aliphatic heterocycles. The van der Waals surface area contributed by atoms with Gasteiger partial charge in [-0.2, -0.15) is 0 Å². The summed E-state index contributed by atoms with van der Waals surface area (Å²) < 4.78 is 22.3. The monoisotopic (exact) mass is 306 g/mol. The SMILES string of the molecule is NS(=O)(=O)c1ccc(NCc2ccc(B(O)O)cc2)cc1. The Labute approximate surface area is 123 Å². The Morgan fingerprint density at radius 2 is 1.57 bits per heavy atom. The van der Waals surface area contributed by atoms with Gasteiger partial charge >= 0.3 is 7.12 Å². The van der Waals surface area contributed by atoms with Gasteiger partial charge in [0.15, 0.2) is 0 Å².